The van der Waals surface area contributed by atoms with Crippen molar-refractivity contribution in [1.29, 1.82) is 0 Å². The second-order valence-corrected chi connectivity index (χ2v) is 9.20. The number of rotatable bonds is 4. The smallest absolute Gasteiger partial charge is 0.253 e. The van der Waals surface area contributed by atoms with Gasteiger partial charge in [0, 0.05) is 37.1 Å². The van der Waals surface area contributed by atoms with Crippen LogP contribution in [0.1, 0.15) is 60.3 Å². The van der Waals surface area contributed by atoms with E-state index < -0.39 is 0 Å². The van der Waals surface area contributed by atoms with E-state index in [0.717, 1.165) is 72.4 Å². The zero-order valence-electron chi connectivity index (χ0n) is 18.6. The Hall–Kier alpha value is -2.58. The maximum Gasteiger partial charge on any atom is 0.253 e. The third-order valence-electron chi connectivity index (χ3n) is 7.10. The number of benzene rings is 1. The van der Waals surface area contributed by atoms with Gasteiger partial charge >= 0.3 is 0 Å². The Kier molecular flexibility index (Phi) is 5.35. The van der Waals surface area contributed by atoms with Gasteiger partial charge in [-0.05, 0) is 61.4 Å². The number of H-pyrrole nitrogens is 1. The highest BCUT2D eigenvalue weighted by molar-refractivity contribution is 5.85. The van der Waals surface area contributed by atoms with Crippen molar-refractivity contribution in [3.8, 4) is 0 Å². The molecule has 1 aromatic carbocycles. The fraction of sp³-hybridized carbons (Fsp3) is 0.565. The van der Waals surface area contributed by atoms with Crippen LogP contribution in [0.2, 0.25) is 0 Å². The minimum atomic E-state index is -0.252. The molecule has 164 valence electrons. The molecule has 5 rings (SSSR count). The highest BCUT2D eigenvalue weighted by Gasteiger charge is 2.34. The quantitative estimate of drug-likeness (QED) is 0.697. The zero-order chi connectivity index (χ0) is 21.5. The van der Waals surface area contributed by atoms with Gasteiger partial charge in [0.1, 0.15) is 6.04 Å². The molecule has 0 amide bonds. The first kappa shape index (κ1) is 20.3. The van der Waals surface area contributed by atoms with Crippen LogP contribution in [0.5, 0.6) is 0 Å². The predicted molar refractivity (Wildman–Crippen MR) is 120 cm³/mol. The zero-order valence-corrected chi connectivity index (χ0v) is 18.6. The molecule has 31 heavy (non-hydrogen) atoms. The normalized spacial score (nSPS) is 20.0. The number of nitrogens with one attached hydrogen (secondary N) is 1. The number of likely N-dealkylation sites (N-methyl/N-ethyl adjacent to an activating group) is 1. The van der Waals surface area contributed by atoms with Crippen LogP contribution in [-0.2, 0) is 0 Å². The second kappa shape index (κ2) is 8.16. The highest BCUT2D eigenvalue weighted by atomic mass is 16.1. The standard InChI is InChI=1S/C23H31N7O/c1-15-8-9-16(2)20-18(15)14-19(23(31)24-20)21(29-12-10-28(3)11-13-29)22-25-26-27-30(22)17-6-4-5-7-17/h8-9,14,17,21H,4-7,10-13H2,1-3H3,(H,24,31)/t21-/m0/s1. The summed E-state index contributed by atoms with van der Waals surface area (Å²) in [6, 6.07) is 6.33. The Labute approximate surface area is 182 Å². The van der Waals surface area contributed by atoms with E-state index in [1.807, 2.05) is 11.6 Å². The number of aromatic amines is 1. The van der Waals surface area contributed by atoms with Crippen molar-refractivity contribution in [3.63, 3.8) is 0 Å². The molecule has 1 saturated carbocycles. The third-order valence-corrected chi connectivity index (χ3v) is 7.10. The van der Waals surface area contributed by atoms with Crippen molar-refractivity contribution >= 4 is 10.9 Å². The van der Waals surface area contributed by atoms with E-state index in [1.54, 1.807) is 0 Å². The van der Waals surface area contributed by atoms with E-state index in [9.17, 15) is 4.79 Å². The summed E-state index contributed by atoms with van der Waals surface area (Å²) >= 11 is 0. The molecule has 0 unspecified atom stereocenters. The average Bonchev–Trinajstić information content (AvgIpc) is 3.45. The lowest BCUT2D eigenvalue weighted by atomic mass is 9.99. The first-order valence-corrected chi connectivity index (χ1v) is 11.4. The molecule has 8 nitrogen and oxygen atoms in total. The number of aryl methyl sites for hydroxylation is 2. The van der Waals surface area contributed by atoms with E-state index in [-0.39, 0.29) is 11.6 Å². The van der Waals surface area contributed by atoms with Crippen LogP contribution in [0.25, 0.3) is 10.9 Å². The van der Waals surface area contributed by atoms with Gasteiger partial charge in [0.05, 0.1) is 11.6 Å². The number of nitrogens with zero attached hydrogens (tertiary/aromatic N) is 6. The SMILES string of the molecule is Cc1ccc(C)c2[nH]c(=O)c([C@@H](c3nnnn3C3CCCC3)N3CCN(C)CC3)cc12. The van der Waals surface area contributed by atoms with Crippen LogP contribution in [0, 0.1) is 13.8 Å². The van der Waals surface area contributed by atoms with Crippen molar-refractivity contribution in [1.82, 2.24) is 35.0 Å². The number of tetrazole rings is 1. The molecule has 1 saturated heterocycles. The molecule has 0 radical (unpaired) electrons. The number of aromatic nitrogens is 5. The molecule has 1 atom stereocenters. The molecular weight excluding hydrogens is 390 g/mol. The lowest BCUT2D eigenvalue weighted by molar-refractivity contribution is 0.120. The van der Waals surface area contributed by atoms with Gasteiger partial charge in [-0.2, -0.15) is 0 Å². The summed E-state index contributed by atoms with van der Waals surface area (Å²) in [6.45, 7) is 7.81. The second-order valence-electron chi connectivity index (χ2n) is 9.20. The van der Waals surface area contributed by atoms with E-state index >= 15 is 0 Å². The van der Waals surface area contributed by atoms with Crippen molar-refractivity contribution < 1.29 is 0 Å². The average molecular weight is 422 g/mol. The molecule has 8 heteroatoms. The Morgan fingerprint density at radius 2 is 1.77 bits per heavy atom. The Balaban J connectivity index is 1.67. The minimum Gasteiger partial charge on any atom is -0.321 e. The van der Waals surface area contributed by atoms with Gasteiger partial charge in [-0.3, -0.25) is 9.69 Å². The van der Waals surface area contributed by atoms with Gasteiger partial charge in [-0.25, -0.2) is 4.68 Å². The third kappa shape index (κ3) is 3.68. The van der Waals surface area contributed by atoms with Gasteiger partial charge < -0.3 is 9.88 Å². The number of piperazine rings is 1. The molecule has 0 bridgehead atoms. The summed E-state index contributed by atoms with van der Waals surface area (Å²) in [6.07, 6.45) is 4.61. The highest BCUT2D eigenvalue weighted by Crippen LogP contribution is 2.34. The Morgan fingerprint density at radius 3 is 2.52 bits per heavy atom. The fourth-order valence-corrected chi connectivity index (χ4v) is 5.16. The maximum atomic E-state index is 13.4. The first-order chi connectivity index (χ1) is 15.0. The van der Waals surface area contributed by atoms with Crippen molar-refractivity contribution in [2.24, 2.45) is 0 Å². The summed E-state index contributed by atoms with van der Waals surface area (Å²) in [4.78, 5) is 21.3. The van der Waals surface area contributed by atoms with Crippen LogP contribution in [0.15, 0.2) is 23.0 Å². The number of hydrogen-bond acceptors (Lipinski definition) is 6. The van der Waals surface area contributed by atoms with Crippen molar-refractivity contribution in [3.05, 3.63) is 51.1 Å². The molecule has 1 aliphatic heterocycles. The Bertz CT molecular complexity index is 1140. The monoisotopic (exact) mass is 421 g/mol. The summed E-state index contributed by atoms with van der Waals surface area (Å²) in [7, 11) is 2.14. The van der Waals surface area contributed by atoms with Gasteiger partial charge in [-0.15, -0.1) is 5.10 Å². The van der Waals surface area contributed by atoms with Crippen LogP contribution in [0.4, 0.5) is 0 Å². The van der Waals surface area contributed by atoms with Crippen molar-refractivity contribution in [2.75, 3.05) is 33.2 Å². The first-order valence-electron chi connectivity index (χ1n) is 11.4. The summed E-state index contributed by atoms with van der Waals surface area (Å²) in [5.74, 6) is 0.798. The lowest BCUT2D eigenvalue weighted by Crippen LogP contribution is -2.47. The van der Waals surface area contributed by atoms with Gasteiger partial charge in [-0.1, -0.05) is 25.0 Å². The molecular formula is C23H31N7O. The van der Waals surface area contributed by atoms with Crippen LogP contribution < -0.4 is 5.56 Å². The lowest BCUT2D eigenvalue weighted by Gasteiger charge is -2.37. The molecule has 3 aromatic rings. The molecule has 2 aromatic heterocycles. The van der Waals surface area contributed by atoms with Crippen molar-refractivity contribution in [2.45, 2.75) is 51.6 Å². The summed E-state index contributed by atoms with van der Waals surface area (Å²) in [5, 5.41) is 14.0. The predicted octanol–water partition coefficient (Wildman–Crippen LogP) is 2.58. The molecule has 3 heterocycles. The summed E-state index contributed by atoms with van der Waals surface area (Å²) in [5.41, 5.74) is 3.84. The largest absolute Gasteiger partial charge is 0.321 e. The summed E-state index contributed by atoms with van der Waals surface area (Å²) < 4.78 is 2.00. The molecule has 0 spiro atoms. The van der Waals surface area contributed by atoms with Gasteiger partial charge in [0.2, 0.25) is 0 Å². The minimum absolute atomic E-state index is 0.0499. The van der Waals surface area contributed by atoms with Gasteiger partial charge in [0.15, 0.2) is 5.82 Å². The van der Waals surface area contributed by atoms with E-state index in [4.69, 9.17) is 0 Å². The van der Waals surface area contributed by atoms with E-state index in [0.29, 0.717) is 6.04 Å². The molecule has 1 aliphatic carbocycles. The number of pyridine rings is 1. The molecule has 2 aliphatic rings. The van der Waals surface area contributed by atoms with Gasteiger partial charge in [0.25, 0.3) is 5.56 Å². The van der Waals surface area contributed by atoms with Crippen LogP contribution >= 0.6 is 0 Å². The van der Waals surface area contributed by atoms with Crippen LogP contribution in [-0.4, -0.2) is 68.2 Å². The number of hydrogen-bond donors (Lipinski definition) is 1. The Morgan fingerprint density at radius 1 is 1.06 bits per heavy atom. The number of fused-ring (bicyclic) bond motifs is 1. The fourth-order valence-electron chi connectivity index (χ4n) is 5.16. The topological polar surface area (TPSA) is 82.9 Å². The molecule has 1 N–H and O–H groups in total. The molecule has 2 fully saturated rings. The maximum absolute atomic E-state index is 13.4. The van der Waals surface area contributed by atoms with E-state index in [2.05, 4.69) is 62.5 Å². The van der Waals surface area contributed by atoms with Crippen LogP contribution in [0.3, 0.4) is 0 Å². The van der Waals surface area contributed by atoms with E-state index in [1.165, 1.54) is 12.8 Å².